The van der Waals surface area contributed by atoms with Crippen LogP contribution in [-0.2, 0) is 16.6 Å². The molecule has 1 aliphatic rings. The maximum atomic E-state index is 12.6. The van der Waals surface area contributed by atoms with E-state index in [9.17, 15) is 13.2 Å². The highest BCUT2D eigenvalue weighted by Crippen LogP contribution is 2.23. The van der Waals surface area contributed by atoms with Crippen molar-refractivity contribution < 1.29 is 13.2 Å². The lowest BCUT2D eigenvalue weighted by molar-refractivity contribution is 0.0786. The Balaban J connectivity index is 1.77. The summed E-state index contributed by atoms with van der Waals surface area (Å²) in [5, 5.41) is 2.00. The molecular weight excluding hydrogens is 344 g/mol. The fourth-order valence-corrected chi connectivity index (χ4v) is 4.67. The monoisotopic (exact) mass is 364 g/mol. The topological polar surface area (TPSA) is 66.5 Å². The summed E-state index contributed by atoms with van der Waals surface area (Å²) in [5.74, 6) is -0.189. The van der Waals surface area contributed by atoms with Gasteiger partial charge in [0.15, 0.2) is 0 Å². The van der Waals surface area contributed by atoms with Gasteiger partial charge in [-0.15, -0.1) is 11.3 Å². The first-order valence-corrected chi connectivity index (χ1v) is 10.1. The standard InChI is InChI=1S/C17H20N2O3S2/c1-12-8-9-23-16(12)11-19(2)17(20)13-4-3-5-15(10-13)24(21,22)18-14-6-7-14/h3-5,8-10,14,18H,6-7,11H2,1-2H3. The lowest BCUT2D eigenvalue weighted by Gasteiger charge is -2.17. The fourth-order valence-electron chi connectivity index (χ4n) is 2.36. The van der Waals surface area contributed by atoms with Gasteiger partial charge in [-0.05, 0) is 55.0 Å². The van der Waals surface area contributed by atoms with Crippen molar-refractivity contribution in [1.29, 1.82) is 0 Å². The Bertz CT molecular complexity index is 854. The number of nitrogens with zero attached hydrogens (tertiary/aromatic N) is 1. The van der Waals surface area contributed by atoms with Gasteiger partial charge in [-0.25, -0.2) is 13.1 Å². The van der Waals surface area contributed by atoms with Gasteiger partial charge in [0.1, 0.15) is 0 Å². The summed E-state index contributed by atoms with van der Waals surface area (Å²) < 4.78 is 27.2. The Hall–Kier alpha value is -1.70. The van der Waals surface area contributed by atoms with E-state index in [0.29, 0.717) is 12.1 Å². The molecule has 1 aromatic heterocycles. The molecule has 1 fully saturated rings. The molecule has 128 valence electrons. The zero-order chi connectivity index (χ0) is 17.3. The quantitative estimate of drug-likeness (QED) is 0.857. The third kappa shape index (κ3) is 3.85. The lowest BCUT2D eigenvalue weighted by atomic mass is 10.2. The first-order valence-electron chi connectivity index (χ1n) is 7.77. The molecule has 1 aromatic carbocycles. The fraction of sp³-hybridized carbons (Fsp3) is 0.353. The van der Waals surface area contributed by atoms with Crippen LogP contribution in [0.4, 0.5) is 0 Å². The summed E-state index contributed by atoms with van der Waals surface area (Å²) in [5.41, 5.74) is 1.54. The normalized spacial score (nSPS) is 14.6. The van der Waals surface area contributed by atoms with Gasteiger partial charge < -0.3 is 4.90 Å². The second kappa shape index (κ2) is 6.66. The molecule has 7 heteroatoms. The van der Waals surface area contributed by atoms with Crippen LogP contribution in [0.2, 0.25) is 0 Å². The van der Waals surface area contributed by atoms with Crippen molar-refractivity contribution in [3.05, 3.63) is 51.7 Å². The molecule has 0 spiro atoms. The molecule has 5 nitrogen and oxygen atoms in total. The van der Waals surface area contributed by atoms with E-state index in [4.69, 9.17) is 0 Å². The molecule has 0 aliphatic heterocycles. The first-order chi connectivity index (χ1) is 11.4. The smallest absolute Gasteiger partial charge is 0.253 e. The first kappa shape index (κ1) is 17.1. The van der Waals surface area contributed by atoms with Gasteiger partial charge in [0.2, 0.25) is 10.0 Å². The van der Waals surface area contributed by atoms with Crippen LogP contribution in [-0.4, -0.2) is 32.3 Å². The van der Waals surface area contributed by atoms with Gasteiger partial charge in [-0.3, -0.25) is 4.79 Å². The molecule has 3 rings (SSSR count). The van der Waals surface area contributed by atoms with E-state index < -0.39 is 10.0 Å². The van der Waals surface area contributed by atoms with Crippen LogP contribution in [0, 0.1) is 6.92 Å². The van der Waals surface area contributed by atoms with E-state index in [1.165, 1.54) is 12.1 Å². The number of benzene rings is 1. The van der Waals surface area contributed by atoms with Crippen molar-refractivity contribution in [2.45, 2.75) is 37.2 Å². The SMILES string of the molecule is Cc1ccsc1CN(C)C(=O)c1cccc(S(=O)(=O)NC2CC2)c1. The highest BCUT2D eigenvalue weighted by Gasteiger charge is 2.28. The van der Waals surface area contributed by atoms with E-state index in [0.717, 1.165) is 23.3 Å². The van der Waals surface area contributed by atoms with Crippen molar-refractivity contribution in [3.8, 4) is 0 Å². The van der Waals surface area contributed by atoms with Gasteiger partial charge in [0, 0.05) is 23.5 Å². The Morgan fingerprint density at radius 3 is 2.71 bits per heavy atom. The number of hydrogen-bond acceptors (Lipinski definition) is 4. The van der Waals surface area contributed by atoms with Crippen LogP contribution in [0.3, 0.4) is 0 Å². The molecular formula is C17H20N2O3S2. The number of rotatable bonds is 6. The molecule has 0 unspecified atom stereocenters. The van der Waals surface area contributed by atoms with Crippen molar-refractivity contribution in [2.24, 2.45) is 0 Å². The van der Waals surface area contributed by atoms with Crippen molar-refractivity contribution >= 4 is 27.3 Å². The van der Waals surface area contributed by atoms with E-state index >= 15 is 0 Å². The van der Waals surface area contributed by atoms with Crippen LogP contribution in [0.5, 0.6) is 0 Å². The number of carbonyl (C=O) groups is 1. The highest BCUT2D eigenvalue weighted by molar-refractivity contribution is 7.89. The van der Waals surface area contributed by atoms with Gasteiger partial charge >= 0.3 is 0 Å². The maximum Gasteiger partial charge on any atom is 0.253 e. The van der Waals surface area contributed by atoms with Gasteiger partial charge in [0.25, 0.3) is 5.91 Å². The summed E-state index contributed by atoms with van der Waals surface area (Å²) in [6, 6.07) is 8.29. The van der Waals surface area contributed by atoms with Crippen LogP contribution >= 0.6 is 11.3 Å². The Kier molecular flexibility index (Phi) is 4.76. The van der Waals surface area contributed by atoms with Crippen molar-refractivity contribution in [1.82, 2.24) is 9.62 Å². The average molecular weight is 364 g/mol. The highest BCUT2D eigenvalue weighted by atomic mass is 32.2. The predicted octanol–water partition coefficient (Wildman–Crippen LogP) is 2.77. The summed E-state index contributed by atoms with van der Waals surface area (Å²) in [4.78, 5) is 15.5. The number of thiophene rings is 1. The van der Waals surface area contributed by atoms with Gasteiger partial charge in [0.05, 0.1) is 11.4 Å². The molecule has 0 saturated heterocycles. The second-order valence-corrected chi connectivity index (χ2v) is 8.83. The predicted molar refractivity (Wildman–Crippen MR) is 94.6 cm³/mol. The van der Waals surface area contributed by atoms with E-state index in [1.807, 2.05) is 18.4 Å². The van der Waals surface area contributed by atoms with Crippen molar-refractivity contribution in [3.63, 3.8) is 0 Å². The minimum atomic E-state index is -3.55. The summed E-state index contributed by atoms with van der Waals surface area (Å²) in [6.07, 6.45) is 1.75. The molecule has 1 aliphatic carbocycles. The molecule has 2 aromatic rings. The Labute approximate surface area is 146 Å². The number of hydrogen-bond donors (Lipinski definition) is 1. The number of carbonyl (C=O) groups excluding carboxylic acids is 1. The lowest BCUT2D eigenvalue weighted by Crippen LogP contribution is -2.28. The zero-order valence-electron chi connectivity index (χ0n) is 13.7. The van der Waals surface area contributed by atoms with Crippen LogP contribution in [0.1, 0.15) is 33.6 Å². The maximum absolute atomic E-state index is 12.6. The summed E-state index contributed by atoms with van der Waals surface area (Å²) >= 11 is 1.61. The van der Waals surface area contributed by atoms with Crippen LogP contribution in [0.25, 0.3) is 0 Å². The van der Waals surface area contributed by atoms with Crippen LogP contribution < -0.4 is 4.72 Å². The average Bonchev–Trinajstić information content (AvgIpc) is 3.27. The molecule has 24 heavy (non-hydrogen) atoms. The van der Waals surface area contributed by atoms with Gasteiger partial charge in [-0.2, -0.15) is 0 Å². The van der Waals surface area contributed by atoms with E-state index in [2.05, 4.69) is 4.72 Å². The minimum absolute atomic E-state index is 0.0406. The molecule has 1 heterocycles. The Morgan fingerprint density at radius 1 is 1.33 bits per heavy atom. The van der Waals surface area contributed by atoms with E-state index in [1.54, 1.807) is 35.4 Å². The number of nitrogens with one attached hydrogen (secondary N) is 1. The summed E-state index contributed by atoms with van der Waals surface area (Å²) in [6.45, 7) is 2.53. The minimum Gasteiger partial charge on any atom is -0.337 e. The molecule has 0 atom stereocenters. The number of aryl methyl sites for hydroxylation is 1. The molecule has 0 radical (unpaired) electrons. The molecule has 1 saturated carbocycles. The largest absolute Gasteiger partial charge is 0.337 e. The summed E-state index contributed by atoms with van der Waals surface area (Å²) in [7, 11) is -1.83. The van der Waals surface area contributed by atoms with Gasteiger partial charge in [-0.1, -0.05) is 6.07 Å². The third-order valence-electron chi connectivity index (χ3n) is 3.99. The van der Waals surface area contributed by atoms with Crippen molar-refractivity contribution in [2.75, 3.05) is 7.05 Å². The van der Waals surface area contributed by atoms with E-state index in [-0.39, 0.29) is 16.8 Å². The third-order valence-corrected chi connectivity index (χ3v) is 6.51. The molecule has 0 bridgehead atoms. The van der Waals surface area contributed by atoms with Crippen LogP contribution in [0.15, 0.2) is 40.6 Å². The zero-order valence-corrected chi connectivity index (χ0v) is 15.3. The molecule has 1 N–H and O–H groups in total. The molecule has 1 amide bonds. The second-order valence-electron chi connectivity index (χ2n) is 6.11. The number of sulfonamides is 1. The Morgan fingerprint density at radius 2 is 2.08 bits per heavy atom. The number of amides is 1.